The molecule has 0 unspecified atom stereocenters. The van der Waals surface area contributed by atoms with Gasteiger partial charge in [0.1, 0.15) is 0 Å². The van der Waals surface area contributed by atoms with Crippen LogP contribution in [0.15, 0.2) is 91.0 Å². The predicted octanol–water partition coefficient (Wildman–Crippen LogP) is 5.48. The van der Waals surface area contributed by atoms with Gasteiger partial charge in [-0.3, -0.25) is 0 Å². The molecule has 0 spiro atoms. The van der Waals surface area contributed by atoms with Gasteiger partial charge in [0, 0.05) is 0 Å². The molecule has 4 rings (SSSR count). The molecule has 132 valence electrons. The minimum absolute atomic E-state index is 0.0383. The third kappa shape index (κ3) is 4.25. The first-order valence-electron chi connectivity index (χ1n) is 9.61. The standard InChI is InChI=1S/C24H26P2/c1-4-11-21(12-5-1)25-19-10-17-24(25)18-20-26(22-13-6-2-7-14-22)23-15-8-3-9-16-23/h1-9,11-16,24H,10,17-20H2/t24-,25+/m1/s1. The van der Waals surface area contributed by atoms with Crippen LogP contribution in [0.25, 0.3) is 0 Å². The molecule has 0 aliphatic carbocycles. The number of hydrogen-bond donors (Lipinski definition) is 0. The second kappa shape index (κ2) is 8.94. The highest BCUT2D eigenvalue weighted by Gasteiger charge is 2.28. The topological polar surface area (TPSA) is 0 Å². The van der Waals surface area contributed by atoms with E-state index in [4.69, 9.17) is 0 Å². The van der Waals surface area contributed by atoms with E-state index in [1.165, 1.54) is 42.2 Å². The number of hydrogen-bond acceptors (Lipinski definition) is 0. The molecule has 26 heavy (non-hydrogen) atoms. The smallest absolute Gasteiger partial charge is 0.0165 e. The van der Waals surface area contributed by atoms with Crippen molar-refractivity contribution in [3.05, 3.63) is 91.0 Å². The first kappa shape index (κ1) is 17.9. The Bertz CT molecular complexity index is 747. The Balaban J connectivity index is 1.51. The minimum Gasteiger partial charge on any atom is -0.0721 e. The van der Waals surface area contributed by atoms with Crippen molar-refractivity contribution >= 4 is 31.8 Å². The van der Waals surface area contributed by atoms with E-state index in [1.807, 2.05) is 0 Å². The zero-order valence-electron chi connectivity index (χ0n) is 15.2. The van der Waals surface area contributed by atoms with E-state index in [2.05, 4.69) is 91.0 Å². The lowest BCUT2D eigenvalue weighted by atomic mass is 10.2. The van der Waals surface area contributed by atoms with Crippen LogP contribution in [0, 0.1) is 0 Å². The molecule has 1 heterocycles. The Kier molecular flexibility index (Phi) is 6.16. The summed E-state index contributed by atoms with van der Waals surface area (Å²) < 4.78 is 0. The molecule has 0 nitrogen and oxygen atoms in total. The Morgan fingerprint density at radius 1 is 0.731 bits per heavy atom. The fourth-order valence-corrected chi connectivity index (χ4v) is 9.71. The van der Waals surface area contributed by atoms with Crippen molar-refractivity contribution in [2.75, 3.05) is 12.3 Å². The van der Waals surface area contributed by atoms with Crippen LogP contribution in [0.1, 0.15) is 19.3 Å². The van der Waals surface area contributed by atoms with Gasteiger partial charge in [0.15, 0.2) is 0 Å². The van der Waals surface area contributed by atoms with Gasteiger partial charge in [-0.25, -0.2) is 0 Å². The molecule has 1 saturated heterocycles. The summed E-state index contributed by atoms with van der Waals surface area (Å²) in [4.78, 5) is 0. The second-order valence-electron chi connectivity index (χ2n) is 6.94. The van der Waals surface area contributed by atoms with Crippen molar-refractivity contribution in [1.29, 1.82) is 0 Å². The second-order valence-corrected chi connectivity index (χ2v) is 11.9. The lowest BCUT2D eigenvalue weighted by molar-refractivity contribution is 0.760. The SMILES string of the molecule is c1ccc(P(CC[C@H]2CCC[P@@]2c2ccccc2)c2ccccc2)cc1. The molecule has 0 bridgehead atoms. The van der Waals surface area contributed by atoms with Crippen molar-refractivity contribution in [2.45, 2.75) is 24.9 Å². The molecule has 0 radical (unpaired) electrons. The normalized spacial score (nSPS) is 19.7. The van der Waals surface area contributed by atoms with Crippen LogP contribution in [-0.4, -0.2) is 18.0 Å². The summed E-state index contributed by atoms with van der Waals surface area (Å²) in [5, 5.41) is 4.67. The maximum atomic E-state index is 2.36. The summed E-state index contributed by atoms with van der Waals surface area (Å²) in [7, 11) is -0.206. The Labute approximate surface area is 160 Å². The van der Waals surface area contributed by atoms with Crippen LogP contribution in [0.2, 0.25) is 0 Å². The lowest BCUT2D eigenvalue weighted by Crippen LogP contribution is -2.17. The molecule has 3 aromatic carbocycles. The van der Waals surface area contributed by atoms with Crippen LogP contribution in [-0.2, 0) is 0 Å². The van der Waals surface area contributed by atoms with Gasteiger partial charge in [-0.1, -0.05) is 98.9 Å². The van der Waals surface area contributed by atoms with E-state index in [-0.39, 0.29) is 15.8 Å². The lowest BCUT2D eigenvalue weighted by Gasteiger charge is -2.24. The van der Waals surface area contributed by atoms with Gasteiger partial charge in [-0.05, 0) is 61.1 Å². The highest BCUT2D eigenvalue weighted by molar-refractivity contribution is 7.73. The Morgan fingerprint density at radius 2 is 1.27 bits per heavy atom. The molecule has 3 aromatic rings. The maximum absolute atomic E-state index is 2.36. The van der Waals surface area contributed by atoms with Crippen molar-refractivity contribution < 1.29 is 0 Å². The molecule has 1 fully saturated rings. The molecule has 1 aliphatic heterocycles. The zero-order chi connectivity index (χ0) is 17.6. The van der Waals surface area contributed by atoms with E-state index >= 15 is 0 Å². The zero-order valence-corrected chi connectivity index (χ0v) is 17.0. The predicted molar refractivity (Wildman–Crippen MR) is 119 cm³/mol. The van der Waals surface area contributed by atoms with Crippen LogP contribution >= 0.6 is 15.8 Å². The van der Waals surface area contributed by atoms with E-state index < -0.39 is 0 Å². The van der Waals surface area contributed by atoms with Crippen molar-refractivity contribution in [3.63, 3.8) is 0 Å². The van der Waals surface area contributed by atoms with E-state index in [1.54, 1.807) is 5.30 Å². The molecule has 0 N–H and O–H groups in total. The van der Waals surface area contributed by atoms with E-state index in [9.17, 15) is 0 Å². The summed E-state index contributed by atoms with van der Waals surface area (Å²) in [5.41, 5.74) is 0.907. The molecule has 1 aliphatic rings. The third-order valence-electron chi connectivity index (χ3n) is 5.29. The van der Waals surface area contributed by atoms with Crippen molar-refractivity contribution in [3.8, 4) is 0 Å². The summed E-state index contributed by atoms with van der Waals surface area (Å²) in [5.74, 6) is 0. The summed E-state index contributed by atoms with van der Waals surface area (Å²) in [6.07, 6.45) is 6.96. The summed E-state index contributed by atoms with van der Waals surface area (Å²) in [6, 6.07) is 33.7. The first-order chi connectivity index (χ1) is 12.9. The molecule has 0 amide bonds. The molecule has 0 saturated carbocycles. The van der Waals surface area contributed by atoms with Gasteiger partial charge >= 0.3 is 0 Å². The van der Waals surface area contributed by atoms with Gasteiger partial charge in [-0.2, -0.15) is 0 Å². The maximum Gasteiger partial charge on any atom is -0.0165 e. The average molecular weight is 376 g/mol. The first-order valence-corrected chi connectivity index (χ1v) is 12.7. The fraction of sp³-hybridized carbons (Fsp3) is 0.250. The van der Waals surface area contributed by atoms with Gasteiger partial charge in [0.25, 0.3) is 0 Å². The van der Waals surface area contributed by atoms with E-state index in [0.29, 0.717) is 0 Å². The van der Waals surface area contributed by atoms with Crippen LogP contribution < -0.4 is 15.9 Å². The quantitative estimate of drug-likeness (QED) is 0.500. The Morgan fingerprint density at radius 3 is 1.85 bits per heavy atom. The number of benzene rings is 3. The highest BCUT2D eigenvalue weighted by atomic mass is 31.1. The minimum atomic E-state index is -0.245. The molecular formula is C24H26P2. The van der Waals surface area contributed by atoms with Gasteiger partial charge in [-0.15, -0.1) is 0 Å². The highest BCUT2D eigenvalue weighted by Crippen LogP contribution is 2.51. The third-order valence-corrected chi connectivity index (χ3v) is 11.0. The van der Waals surface area contributed by atoms with Gasteiger partial charge in [0.2, 0.25) is 0 Å². The molecular weight excluding hydrogens is 350 g/mol. The average Bonchev–Trinajstić information content (AvgIpc) is 3.19. The van der Waals surface area contributed by atoms with Crippen LogP contribution in [0.4, 0.5) is 0 Å². The number of rotatable bonds is 6. The Hall–Kier alpha value is -1.48. The van der Waals surface area contributed by atoms with Gasteiger partial charge in [0.05, 0.1) is 0 Å². The molecule has 0 aromatic heterocycles. The van der Waals surface area contributed by atoms with Crippen LogP contribution in [0.3, 0.4) is 0 Å². The monoisotopic (exact) mass is 376 g/mol. The molecule has 2 heteroatoms. The largest absolute Gasteiger partial charge is 0.0721 e. The van der Waals surface area contributed by atoms with Gasteiger partial charge < -0.3 is 0 Å². The van der Waals surface area contributed by atoms with Crippen LogP contribution in [0.5, 0.6) is 0 Å². The van der Waals surface area contributed by atoms with E-state index in [0.717, 1.165) is 5.66 Å². The fourth-order valence-electron chi connectivity index (χ4n) is 4.00. The summed E-state index contributed by atoms with van der Waals surface area (Å²) in [6.45, 7) is 0. The summed E-state index contributed by atoms with van der Waals surface area (Å²) >= 11 is 0. The molecule has 2 atom stereocenters. The van der Waals surface area contributed by atoms with Crippen molar-refractivity contribution in [2.24, 2.45) is 0 Å². The van der Waals surface area contributed by atoms with Crippen molar-refractivity contribution in [1.82, 2.24) is 0 Å².